The van der Waals surface area contributed by atoms with E-state index in [0.717, 1.165) is 18.4 Å². The Morgan fingerprint density at radius 2 is 1.85 bits per heavy atom. The zero-order valence-corrected chi connectivity index (χ0v) is 20.2. The van der Waals surface area contributed by atoms with Gasteiger partial charge in [-0.25, -0.2) is 4.79 Å². The van der Waals surface area contributed by atoms with Gasteiger partial charge in [-0.3, -0.25) is 4.79 Å². The van der Waals surface area contributed by atoms with Gasteiger partial charge in [0.05, 0.1) is 13.7 Å². The second kappa shape index (κ2) is 10.6. The Morgan fingerprint density at radius 1 is 1.12 bits per heavy atom. The van der Waals surface area contributed by atoms with Gasteiger partial charge in [0.2, 0.25) is 0 Å². The molecule has 8 nitrogen and oxygen atoms in total. The fourth-order valence-electron chi connectivity index (χ4n) is 3.93. The van der Waals surface area contributed by atoms with Crippen LogP contribution in [0, 0.1) is 0 Å². The zero-order chi connectivity index (χ0) is 24.0. The highest BCUT2D eigenvalue weighted by molar-refractivity contribution is 5.92. The van der Waals surface area contributed by atoms with Crippen LogP contribution in [-0.2, 0) is 11.3 Å². The first kappa shape index (κ1) is 24.5. The smallest absolute Gasteiger partial charge is 0.410 e. The molecule has 1 saturated heterocycles. The van der Waals surface area contributed by atoms with Crippen LogP contribution in [-0.4, -0.2) is 53.9 Å². The van der Waals surface area contributed by atoms with E-state index in [1.165, 1.54) is 0 Å². The molecule has 1 aliphatic heterocycles. The van der Waals surface area contributed by atoms with Gasteiger partial charge in [-0.1, -0.05) is 6.07 Å². The Bertz CT molecular complexity index is 955. The number of piperidine rings is 1. The minimum Gasteiger partial charge on any atom is -0.493 e. The third kappa shape index (κ3) is 6.43. The molecular weight excluding hydrogens is 422 g/mol. The third-order valence-electron chi connectivity index (χ3n) is 5.50. The molecule has 1 N–H and O–H groups in total. The number of methoxy groups -OCH3 is 1. The Labute approximate surface area is 195 Å². The number of carbonyl (C=O) groups excluding carboxylic acids is 2. The first-order valence-corrected chi connectivity index (χ1v) is 11.4. The van der Waals surface area contributed by atoms with Crippen LogP contribution < -0.4 is 14.8 Å². The Kier molecular flexibility index (Phi) is 7.89. The summed E-state index contributed by atoms with van der Waals surface area (Å²) in [7, 11) is 1.60. The van der Waals surface area contributed by atoms with Crippen LogP contribution >= 0.6 is 0 Å². The summed E-state index contributed by atoms with van der Waals surface area (Å²) >= 11 is 0. The van der Waals surface area contributed by atoms with Crippen LogP contribution in [0.1, 0.15) is 62.6 Å². The number of nitrogens with zero attached hydrogens (tertiary/aromatic N) is 2. The number of amides is 2. The molecule has 0 spiro atoms. The molecule has 2 heterocycles. The van der Waals surface area contributed by atoms with E-state index in [2.05, 4.69) is 5.32 Å². The molecule has 3 rings (SSSR count). The van der Waals surface area contributed by atoms with E-state index in [0.29, 0.717) is 43.4 Å². The van der Waals surface area contributed by atoms with Gasteiger partial charge >= 0.3 is 6.09 Å². The maximum Gasteiger partial charge on any atom is 0.410 e. The molecule has 180 valence electrons. The average Bonchev–Trinajstić information content (AvgIpc) is 3.27. The summed E-state index contributed by atoms with van der Waals surface area (Å²) in [6.45, 7) is 9.66. The highest BCUT2D eigenvalue weighted by atomic mass is 16.6. The topological polar surface area (TPSA) is 82.0 Å². The summed E-state index contributed by atoms with van der Waals surface area (Å²) in [5, 5.41) is 3.00. The SMILES string of the molecule is CCOc1ccc(CNC(=O)c2cccn2C2CCN(C(=O)OC(C)(C)C)CC2)cc1OC. The van der Waals surface area contributed by atoms with Crippen molar-refractivity contribution in [1.29, 1.82) is 0 Å². The quantitative estimate of drug-likeness (QED) is 0.667. The Hall–Kier alpha value is -3.16. The van der Waals surface area contributed by atoms with Crippen molar-refractivity contribution < 1.29 is 23.8 Å². The maximum absolute atomic E-state index is 12.9. The first-order chi connectivity index (χ1) is 15.7. The first-order valence-electron chi connectivity index (χ1n) is 11.4. The molecule has 0 unspecified atom stereocenters. The highest BCUT2D eigenvalue weighted by Crippen LogP contribution is 2.28. The van der Waals surface area contributed by atoms with E-state index in [1.54, 1.807) is 12.0 Å². The fourth-order valence-corrected chi connectivity index (χ4v) is 3.93. The predicted octanol–water partition coefficient (Wildman–Crippen LogP) is 4.40. The molecule has 0 saturated carbocycles. The lowest BCUT2D eigenvalue weighted by Crippen LogP contribution is -2.42. The summed E-state index contributed by atoms with van der Waals surface area (Å²) in [6, 6.07) is 9.51. The third-order valence-corrected chi connectivity index (χ3v) is 5.50. The molecule has 2 aromatic rings. The number of hydrogen-bond donors (Lipinski definition) is 1. The second-order valence-corrected chi connectivity index (χ2v) is 9.10. The Balaban J connectivity index is 1.58. The second-order valence-electron chi connectivity index (χ2n) is 9.10. The van der Waals surface area contributed by atoms with Gasteiger partial charge < -0.3 is 29.0 Å². The normalized spacial score (nSPS) is 14.6. The number of nitrogens with one attached hydrogen (secondary N) is 1. The fraction of sp³-hybridized carbons (Fsp3) is 0.520. The minimum atomic E-state index is -0.507. The van der Waals surface area contributed by atoms with Gasteiger partial charge in [0.1, 0.15) is 11.3 Å². The highest BCUT2D eigenvalue weighted by Gasteiger charge is 2.28. The molecule has 0 atom stereocenters. The van der Waals surface area contributed by atoms with Crippen LogP contribution in [0.4, 0.5) is 4.79 Å². The number of ether oxygens (including phenoxy) is 3. The standard InChI is InChI=1S/C25H35N3O5/c1-6-32-21-10-9-18(16-22(21)31-5)17-26-23(29)20-8-7-13-28(20)19-11-14-27(15-12-19)24(30)33-25(2,3)4/h7-10,13,16,19H,6,11-12,14-15,17H2,1-5H3,(H,26,29). The van der Waals surface area contributed by atoms with Crippen LogP contribution in [0.25, 0.3) is 0 Å². The predicted molar refractivity (Wildman–Crippen MR) is 126 cm³/mol. The summed E-state index contributed by atoms with van der Waals surface area (Å²) in [6.07, 6.45) is 3.19. The van der Waals surface area contributed by atoms with Crippen LogP contribution in [0.15, 0.2) is 36.5 Å². The summed E-state index contributed by atoms with van der Waals surface area (Å²) in [5.41, 5.74) is 1.03. The zero-order valence-electron chi connectivity index (χ0n) is 20.2. The number of likely N-dealkylation sites (tertiary alicyclic amines) is 1. The van der Waals surface area contributed by atoms with Crippen molar-refractivity contribution in [1.82, 2.24) is 14.8 Å². The molecule has 8 heteroatoms. The van der Waals surface area contributed by atoms with Gasteiger partial charge in [-0.15, -0.1) is 0 Å². The lowest BCUT2D eigenvalue weighted by Gasteiger charge is -2.34. The van der Waals surface area contributed by atoms with Gasteiger partial charge in [-0.05, 0) is 70.4 Å². The number of benzene rings is 1. The monoisotopic (exact) mass is 457 g/mol. The van der Waals surface area contributed by atoms with Crippen LogP contribution in [0.5, 0.6) is 11.5 Å². The number of carbonyl (C=O) groups is 2. The molecule has 1 aromatic heterocycles. The van der Waals surface area contributed by atoms with Crippen LogP contribution in [0.3, 0.4) is 0 Å². The van der Waals surface area contributed by atoms with E-state index < -0.39 is 5.60 Å². The van der Waals surface area contributed by atoms with E-state index in [9.17, 15) is 9.59 Å². The molecule has 0 aliphatic carbocycles. The number of aromatic nitrogens is 1. The van der Waals surface area contributed by atoms with Crippen molar-refractivity contribution in [2.24, 2.45) is 0 Å². The molecule has 33 heavy (non-hydrogen) atoms. The number of hydrogen-bond acceptors (Lipinski definition) is 5. The van der Waals surface area contributed by atoms with Crippen molar-refractivity contribution in [3.63, 3.8) is 0 Å². The lowest BCUT2D eigenvalue weighted by molar-refractivity contribution is 0.0187. The molecule has 2 amide bonds. The van der Waals surface area contributed by atoms with Gasteiger partial charge in [-0.2, -0.15) is 0 Å². The van der Waals surface area contributed by atoms with Gasteiger partial charge in [0.25, 0.3) is 5.91 Å². The van der Waals surface area contributed by atoms with Crippen molar-refractivity contribution in [2.45, 2.75) is 58.7 Å². The number of rotatable bonds is 7. The molecule has 0 bridgehead atoms. The van der Waals surface area contributed by atoms with E-state index in [1.807, 2.05) is 68.8 Å². The maximum atomic E-state index is 12.9. The van der Waals surface area contributed by atoms with Crippen molar-refractivity contribution in [3.8, 4) is 11.5 Å². The molecule has 0 radical (unpaired) electrons. The molecule has 1 fully saturated rings. The molecular formula is C25H35N3O5. The van der Waals surface area contributed by atoms with Crippen molar-refractivity contribution >= 4 is 12.0 Å². The van der Waals surface area contributed by atoms with E-state index in [-0.39, 0.29) is 18.0 Å². The Morgan fingerprint density at radius 3 is 2.48 bits per heavy atom. The average molecular weight is 458 g/mol. The van der Waals surface area contributed by atoms with E-state index >= 15 is 0 Å². The van der Waals surface area contributed by atoms with E-state index in [4.69, 9.17) is 14.2 Å². The summed E-state index contributed by atoms with van der Waals surface area (Å²) < 4.78 is 18.4. The largest absolute Gasteiger partial charge is 0.493 e. The van der Waals surface area contributed by atoms with Crippen molar-refractivity contribution in [3.05, 3.63) is 47.8 Å². The lowest BCUT2D eigenvalue weighted by atomic mass is 10.0. The molecule has 1 aromatic carbocycles. The van der Waals surface area contributed by atoms with Gasteiger partial charge in [0, 0.05) is 31.9 Å². The van der Waals surface area contributed by atoms with Crippen LogP contribution in [0.2, 0.25) is 0 Å². The molecule has 1 aliphatic rings. The van der Waals surface area contributed by atoms with Crippen molar-refractivity contribution in [2.75, 3.05) is 26.8 Å². The van der Waals surface area contributed by atoms with Gasteiger partial charge in [0.15, 0.2) is 11.5 Å². The summed E-state index contributed by atoms with van der Waals surface area (Å²) in [4.78, 5) is 27.0. The summed E-state index contributed by atoms with van der Waals surface area (Å²) in [5.74, 6) is 1.19. The minimum absolute atomic E-state index is 0.137.